The summed E-state index contributed by atoms with van der Waals surface area (Å²) in [6, 6.07) is -1.95. The zero-order valence-electron chi connectivity index (χ0n) is 15.5. The number of nitrogens with two attached hydrogens (primary N) is 1. The van der Waals surface area contributed by atoms with Crippen LogP contribution in [-0.2, 0) is 14.4 Å². The van der Waals surface area contributed by atoms with Crippen LogP contribution in [0.2, 0.25) is 0 Å². The molecule has 8 nitrogen and oxygen atoms in total. The normalized spacial score (nSPS) is 23.8. The van der Waals surface area contributed by atoms with Crippen LogP contribution < -0.4 is 21.7 Å². The molecule has 8 heteroatoms. The van der Waals surface area contributed by atoms with Gasteiger partial charge >= 0.3 is 0 Å². The summed E-state index contributed by atoms with van der Waals surface area (Å²) in [6.45, 7) is 8.24. The fraction of sp³-hybridized carbons (Fsp3) is 0.824. The second kappa shape index (κ2) is 9.84. The van der Waals surface area contributed by atoms with Gasteiger partial charge in [-0.2, -0.15) is 0 Å². The molecular weight excluding hydrogens is 324 g/mol. The van der Waals surface area contributed by atoms with Crippen molar-refractivity contribution in [2.24, 2.45) is 23.5 Å². The summed E-state index contributed by atoms with van der Waals surface area (Å²) < 4.78 is 0. The predicted octanol–water partition coefficient (Wildman–Crippen LogP) is -1.23. The Morgan fingerprint density at radius 3 is 2.32 bits per heavy atom. The molecule has 1 fully saturated rings. The summed E-state index contributed by atoms with van der Waals surface area (Å²) in [4.78, 5) is 36.4. The third kappa shape index (κ3) is 6.37. The molecule has 6 N–H and O–H groups in total. The molecule has 1 unspecified atom stereocenters. The van der Waals surface area contributed by atoms with Gasteiger partial charge in [0, 0.05) is 13.1 Å². The maximum atomic E-state index is 12.6. The summed E-state index contributed by atoms with van der Waals surface area (Å²) in [7, 11) is 0. The van der Waals surface area contributed by atoms with Gasteiger partial charge in [0.15, 0.2) is 5.78 Å². The van der Waals surface area contributed by atoms with Gasteiger partial charge in [0.1, 0.15) is 6.04 Å². The molecule has 2 amide bonds. The van der Waals surface area contributed by atoms with Crippen LogP contribution in [0, 0.1) is 17.8 Å². The fourth-order valence-corrected chi connectivity index (χ4v) is 3.15. The summed E-state index contributed by atoms with van der Waals surface area (Å²) in [5.74, 6) is -0.717. The molecule has 144 valence electrons. The molecule has 0 bridgehead atoms. The van der Waals surface area contributed by atoms with E-state index in [9.17, 15) is 19.5 Å². The molecular formula is C17H32N4O4. The fourth-order valence-electron chi connectivity index (χ4n) is 3.15. The first kappa shape index (κ1) is 21.5. The van der Waals surface area contributed by atoms with Crippen molar-refractivity contribution in [2.45, 2.75) is 52.3 Å². The van der Waals surface area contributed by atoms with E-state index in [0.29, 0.717) is 12.5 Å². The van der Waals surface area contributed by atoms with E-state index in [1.54, 1.807) is 0 Å². The lowest BCUT2D eigenvalue weighted by Crippen LogP contribution is -2.58. The molecule has 0 radical (unpaired) electrons. The second-order valence-electron chi connectivity index (χ2n) is 7.29. The van der Waals surface area contributed by atoms with Gasteiger partial charge in [-0.1, -0.05) is 13.8 Å². The van der Waals surface area contributed by atoms with Gasteiger partial charge < -0.3 is 26.8 Å². The van der Waals surface area contributed by atoms with Crippen molar-refractivity contribution >= 4 is 17.6 Å². The van der Waals surface area contributed by atoms with Crippen molar-refractivity contribution in [2.75, 3.05) is 19.6 Å². The maximum absolute atomic E-state index is 12.6. The van der Waals surface area contributed by atoms with Crippen molar-refractivity contribution in [3.8, 4) is 0 Å². The molecule has 1 heterocycles. The Balaban J connectivity index is 2.75. The minimum atomic E-state index is -1.12. The number of hydrogen-bond acceptors (Lipinski definition) is 6. The largest absolute Gasteiger partial charge is 0.391 e. The predicted molar refractivity (Wildman–Crippen MR) is 94.6 cm³/mol. The SMILES string of the molecule is CC(=O)[C@H](CN)NC(=O)[C@@H](NC(=O)C1CNC[C@H]1CC(C)C)[C@H](C)O. The molecule has 1 saturated heterocycles. The van der Waals surface area contributed by atoms with Crippen molar-refractivity contribution in [3.05, 3.63) is 0 Å². The van der Waals surface area contributed by atoms with Crippen LogP contribution in [0.1, 0.15) is 34.1 Å². The van der Waals surface area contributed by atoms with E-state index in [1.807, 2.05) is 0 Å². The zero-order valence-corrected chi connectivity index (χ0v) is 15.5. The molecule has 25 heavy (non-hydrogen) atoms. The van der Waals surface area contributed by atoms with Crippen molar-refractivity contribution in [3.63, 3.8) is 0 Å². The lowest BCUT2D eigenvalue weighted by Gasteiger charge is -2.26. The maximum Gasteiger partial charge on any atom is 0.245 e. The minimum Gasteiger partial charge on any atom is -0.391 e. The molecule has 1 rings (SSSR count). The summed E-state index contributed by atoms with van der Waals surface area (Å²) >= 11 is 0. The van der Waals surface area contributed by atoms with Gasteiger partial charge in [0.25, 0.3) is 0 Å². The topological polar surface area (TPSA) is 134 Å². The van der Waals surface area contributed by atoms with Crippen LogP contribution in [0.4, 0.5) is 0 Å². The van der Waals surface area contributed by atoms with Crippen LogP contribution in [0.5, 0.6) is 0 Å². The van der Waals surface area contributed by atoms with Gasteiger partial charge in [-0.05, 0) is 38.6 Å². The Morgan fingerprint density at radius 1 is 1.20 bits per heavy atom. The van der Waals surface area contributed by atoms with Crippen LogP contribution in [0.25, 0.3) is 0 Å². The number of aliphatic hydroxyl groups excluding tert-OH is 1. The molecule has 0 aromatic heterocycles. The number of ketones is 1. The Kier molecular flexibility index (Phi) is 8.47. The first-order valence-corrected chi connectivity index (χ1v) is 8.87. The lowest BCUT2D eigenvalue weighted by atomic mass is 9.87. The van der Waals surface area contributed by atoms with Gasteiger partial charge in [-0.15, -0.1) is 0 Å². The standard InChI is InChI=1S/C17H32N4O4/c1-9(2)5-12-7-19-8-13(12)16(24)21-15(11(4)23)17(25)20-14(6-18)10(3)22/h9,11-15,19,23H,5-8,18H2,1-4H3,(H,20,25)(H,21,24)/t11-,12+,13?,14-,15-/m0/s1. The number of carbonyl (C=O) groups excluding carboxylic acids is 3. The van der Waals surface area contributed by atoms with E-state index >= 15 is 0 Å². The first-order valence-electron chi connectivity index (χ1n) is 8.87. The first-order chi connectivity index (χ1) is 11.7. The van der Waals surface area contributed by atoms with Crippen LogP contribution >= 0.6 is 0 Å². The van der Waals surface area contributed by atoms with Gasteiger partial charge in [-0.3, -0.25) is 14.4 Å². The van der Waals surface area contributed by atoms with E-state index in [1.165, 1.54) is 13.8 Å². The number of amides is 2. The summed E-state index contributed by atoms with van der Waals surface area (Å²) in [5.41, 5.74) is 5.47. The highest BCUT2D eigenvalue weighted by molar-refractivity contribution is 5.93. The third-order valence-electron chi connectivity index (χ3n) is 4.56. The summed E-state index contributed by atoms with van der Waals surface area (Å²) in [6.07, 6.45) is -0.178. The molecule has 0 aromatic carbocycles. The molecule has 5 atom stereocenters. The Bertz CT molecular complexity index is 481. The lowest BCUT2D eigenvalue weighted by molar-refractivity contribution is -0.135. The Hall–Kier alpha value is -1.51. The number of rotatable bonds is 9. The number of aliphatic hydroxyl groups is 1. The molecule has 0 aromatic rings. The monoisotopic (exact) mass is 356 g/mol. The van der Waals surface area contributed by atoms with Crippen molar-refractivity contribution in [1.29, 1.82) is 0 Å². The van der Waals surface area contributed by atoms with Crippen LogP contribution in [0.3, 0.4) is 0 Å². The smallest absolute Gasteiger partial charge is 0.245 e. The van der Waals surface area contributed by atoms with E-state index in [4.69, 9.17) is 5.73 Å². The molecule has 0 spiro atoms. The highest BCUT2D eigenvalue weighted by Gasteiger charge is 2.36. The molecule has 0 aliphatic carbocycles. The average molecular weight is 356 g/mol. The highest BCUT2D eigenvalue weighted by atomic mass is 16.3. The minimum absolute atomic E-state index is 0.0371. The van der Waals surface area contributed by atoms with E-state index in [-0.39, 0.29) is 30.1 Å². The molecule has 0 saturated carbocycles. The van der Waals surface area contributed by atoms with Gasteiger partial charge in [0.05, 0.1) is 18.1 Å². The molecule has 1 aliphatic rings. The van der Waals surface area contributed by atoms with Crippen molar-refractivity contribution in [1.82, 2.24) is 16.0 Å². The average Bonchev–Trinajstić information content (AvgIpc) is 2.96. The van der Waals surface area contributed by atoms with E-state index in [2.05, 4.69) is 29.8 Å². The van der Waals surface area contributed by atoms with Gasteiger partial charge in [-0.25, -0.2) is 0 Å². The third-order valence-corrected chi connectivity index (χ3v) is 4.56. The van der Waals surface area contributed by atoms with Crippen molar-refractivity contribution < 1.29 is 19.5 Å². The quantitative estimate of drug-likeness (QED) is 0.351. The van der Waals surface area contributed by atoms with Crippen LogP contribution in [0.15, 0.2) is 0 Å². The van der Waals surface area contributed by atoms with E-state index in [0.717, 1.165) is 13.0 Å². The van der Waals surface area contributed by atoms with E-state index < -0.39 is 24.1 Å². The Labute approximate surface area is 149 Å². The number of hydrogen-bond donors (Lipinski definition) is 5. The zero-order chi connectivity index (χ0) is 19.1. The van der Waals surface area contributed by atoms with Crippen LogP contribution in [-0.4, -0.2) is 60.5 Å². The Morgan fingerprint density at radius 2 is 1.84 bits per heavy atom. The summed E-state index contributed by atoms with van der Waals surface area (Å²) in [5, 5.41) is 18.2. The number of carbonyl (C=O) groups is 3. The molecule has 1 aliphatic heterocycles. The number of nitrogens with one attached hydrogen (secondary N) is 3. The highest BCUT2D eigenvalue weighted by Crippen LogP contribution is 2.24. The second-order valence-corrected chi connectivity index (χ2v) is 7.29. The van der Waals surface area contributed by atoms with Gasteiger partial charge in [0.2, 0.25) is 11.8 Å². The number of Topliss-reactive ketones (excluding diaryl/α,β-unsaturated/α-hetero) is 1.